The molecule has 1 saturated carbocycles. The zero-order chi connectivity index (χ0) is 8.10. The minimum Gasteiger partial charge on any atom is -0.385 e. The van der Waals surface area contributed by atoms with E-state index in [-0.39, 0.29) is 0 Å². The van der Waals surface area contributed by atoms with Gasteiger partial charge in [-0.3, -0.25) is 0 Å². The second kappa shape index (κ2) is 4.73. The first-order valence-corrected chi connectivity index (χ1v) is 4.59. The number of unbranched alkanes of at least 4 members (excludes halogenated alkanes) is 1. The van der Waals surface area contributed by atoms with Crippen LogP contribution in [-0.2, 0) is 4.74 Å². The standard InChI is InChI=1S/C9H19NO/c1-11-7-3-2-4-8-5-6-9(8)10/h8-9H,2-7,10H2,1H3. The summed E-state index contributed by atoms with van der Waals surface area (Å²) in [7, 11) is 1.76. The maximum absolute atomic E-state index is 5.81. The Morgan fingerprint density at radius 2 is 2.18 bits per heavy atom. The third-order valence-electron chi connectivity index (χ3n) is 2.65. The highest BCUT2D eigenvalue weighted by molar-refractivity contribution is 4.83. The van der Waals surface area contributed by atoms with Crippen molar-refractivity contribution in [3.63, 3.8) is 0 Å². The molecule has 2 N–H and O–H groups in total. The van der Waals surface area contributed by atoms with Gasteiger partial charge in [0, 0.05) is 19.8 Å². The van der Waals surface area contributed by atoms with Gasteiger partial charge in [0.05, 0.1) is 0 Å². The molecule has 1 aliphatic rings. The summed E-state index contributed by atoms with van der Waals surface area (Å²) in [6, 6.07) is 0.512. The molecule has 0 radical (unpaired) electrons. The van der Waals surface area contributed by atoms with Gasteiger partial charge in [0.1, 0.15) is 0 Å². The summed E-state index contributed by atoms with van der Waals surface area (Å²) < 4.78 is 4.97. The van der Waals surface area contributed by atoms with Gasteiger partial charge in [-0.05, 0) is 31.6 Å². The Labute approximate surface area is 69.1 Å². The molecular weight excluding hydrogens is 138 g/mol. The second-order valence-corrected chi connectivity index (χ2v) is 3.49. The zero-order valence-corrected chi connectivity index (χ0v) is 7.38. The maximum atomic E-state index is 5.81. The van der Waals surface area contributed by atoms with Crippen LogP contribution in [0.25, 0.3) is 0 Å². The van der Waals surface area contributed by atoms with E-state index < -0.39 is 0 Å². The molecule has 0 spiro atoms. The average Bonchev–Trinajstić information content (AvgIpc) is 2.02. The van der Waals surface area contributed by atoms with Crippen LogP contribution >= 0.6 is 0 Å². The molecule has 0 aromatic carbocycles. The van der Waals surface area contributed by atoms with Crippen LogP contribution in [0.1, 0.15) is 32.1 Å². The molecule has 0 amide bonds. The number of ether oxygens (including phenoxy) is 1. The number of nitrogens with two attached hydrogens (primary N) is 1. The van der Waals surface area contributed by atoms with E-state index >= 15 is 0 Å². The predicted molar refractivity (Wildman–Crippen MR) is 46.4 cm³/mol. The SMILES string of the molecule is COCCCCC1CCC1N. The van der Waals surface area contributed by atoms with Crippen LogP contribution in [0.4, 0.5) is 0 Å². The molecule has 0 aromatic heterocycles. The minimum atomic E-state index is 0.512. The summed E-state index contributed by atoms with van der Waals surface area (Å²) in [5, 5.41) is 0. The lowest BCUT2D eigenvalue weighted by Gasteiger charge is -2.33. The normalized spacial score (nSPS) is 30.0. The van der Waals surface area contributed by atoms with E-state index in [9.17, 15) is 0 Å². The highest BCUT2D eigenvalue weighted by Gasteiger charge is 2.25. The number of rotatable bonds is 5. The van der Waals surface area contributed by atoms with Crippen molar-refractivity contribution < 1.29 is 4.74 Å². The fourth-order valence-electron chi connectivity index (χ4n) is 1.61. The van der Waals surface area contributed by atoms with Crippen LogP contribution < -0.4 is 5.73 Å². The lowest BCUT2D eigenvalue weighted by atomic mass is 9.77. The summed E-state index contributed by atoms with van der Waals surface area (Å²) in [5.41, 5.74) is 5.81. The first-order valence-electron chi connectivity index (χ1n) is 4.59. The summed E-state index contributed by atoms with van der Waals surface area (Å²) in [5.74, 6) is 0.826. The molecule has 1 fully saturated rings. The van der Waals surface area contributed by atoms with Crippen molar-refractivity contribution in [2.75, 3.05) is 13.7 Å². The predicted octanol–water partition coefficient (Wildman–Crippen LogP) is 1.54. The Kier molecular flexibility index (Phi) is 3.87. The van der Waals surface area contributed by atoms with Gasteiger partial charge in [0.25, 0.3) is 0 Å². The summed E-state index contributed by atoms with van der Waals surface area (Å²) in [6.45, 7) is 0.905. The van der Waals surface area contributed by atoms with Gasteiger partial charge in [-0.25, -0.2) is 0 Å². The first-order chi connectivity index (χ1) is 5.34. The van der Waals surface area contributed by atoms with E-state index in [0.717, 1.165) is 12.5 Å². The molecule has 2 heteroatoms. The molecule has 0 bridgehead atoms. The van der Waals surface area contributed by atoms with Crippen LogP contribution in [0, 0.1) is 5.92 Å². The van der Waals surface area contributed by atoms with Crippen LogP contribution in [0.5, 0.6) is 0 Å². The van der Waals surface area contributed by atoms with E-state index in [1.165, 1.54) is 32.1 Å². The number of hydrogen-bond acceptors (Lipinski definition) is 2. The fourth-order valence-corrected chi connectivity index (χ4v) is 1.61. The Morgan fingerprint density at radius 1 is 1.36 bits per heavy atom. The van der Waals surface area contributed by atoms with Crippen molar-refractivity contribution in [3.8, 4) is 0 Å². The lowest BCUT2D eigenvalue weighted by molar-refractivity contribution is 0.180. The maximum Gasteiger partial charge on any atom is 0.0462 e. The zero-order valence-electron chi connectivity index (χ0n) is 7.38. The summed E-state index contributed by atoms with van der Waals surface area (Å²) in [6.07, 6.45) is 6.39. The second-order valence-electron chi connectivity index (χ2n) is 3.49. The molecular formula is C9H19NO. The van der Waals surface area contributed by atoms with Crippen molar-refractivity contribution in [2.45, 2.75) is 38.1 Å². The van der Waals surface area contributed by atoms with Crippen LogP contribution in [0.15, 0.2) is 0 Å². The Morgan fingerprint density at radius 3 is 2.64 bits per heavy atom. The minimum absolute atomic E-state index is 0.512. The quantitative estimate of drug-likeness (QED) is 0.614. The van der Waals surface area contributed by atoms with E-state index in [1.807, 2.05) is 0 Å². The molecule has 0 aliphatic heterocycles. The highest BCUT2D eigenvalue weighted by Crippen LogP contribution is 2.29. The van der Waals surface area contributed by atoms with E-state index in [0.29, 0.717) is 6.04 Å². The number of hydrogen-bond donors (Lipinski definition) is 1. The fraction of sp³-hybridized carbons (Fsp3) is 1.00. The topological polar surface area (TPSA) is 35.2 Å². The van der Waals surface area contributed by atoms with Crippen LogP contribution in [0.2, 0.25) is 0 Å². The monoisotopic (exact) mass is 157 g/mol. The largest absolute Gasteiger partial charge is 0.385 e. The Balaban J connectivity index is 1.87. The van der Waals surface area contributed by atoms with Gasteiger partial charge < -0.3 is 10.5 Å². The number of methoxy groups -OCH3 is 1. The summed E-state index contributed by atoms with van der Waals surface area (Å²) >= 11 is 0. The first kappa shape index (κ1) is 9.01. The van der Waals surface area contributed by atoms with Crippen LogP contribution in [0.3, 0.4) is 0 Å². The molecule has 2 unspecified atom stereocenters. The smallest absolute Gasteiger partial charge is 0.0462 e. The van der Waals surface area contributed by atoms with E-state index in [4.69, 9.17) is 10.5 Å². The lowest BCUT2D eigenvalue weighted by Crippen LogP contribution is -2.39. The van der Waals surface area contributed by atoms with Gasteiger partial charge in [-0.15, -0.1) is 0 Å². The Hall–Kier alpha value is -0.0800. The van der Waals surface area contributed by atoms with Gasteiger partial charge in [-0.1, -0.05) is 6.42 Å². The molecule has 1 aliphatic carbocycles. The van der Waals surface area contributed by atoms with Gasteiger partial charge in [0.15, 0.2) is 0 Å². The van der Waals surface area contributed by atoms with E-state index in [1.54, 1.807) is 7.11 Å². The molecule has 2 atom stereocenters. The van der Waals surface area contributed by atoms with Crippen molar-refractivity contribution >= 4 is 0 Å². The molecule has 66 valence electrons. The van der Waals surface area contributed by atoms with Gasteiger partial charge >= 0.3 is 0 Å². The molecule has 0 heterocycles. The molecule has 0 saturated heterocycles. The van der Waals surface area contributed by atoms with Crippen molar-refractivity contribution in [1.82, 2.24) is 0 Å². The van der Waals surface area contributed by atoms with Crippen LogP contribution in [-0.4, -0.2) is 19.8 Å². The van der Waals surface area contributed by atoms with Gasteiger partial charge in [0.2, 0.25) is 0 Å². The molecule has 2 nitrogen and oxygen atoms in total. The third-order valence-corrected chi connectivity index (χ3v) is 2.65. The van der Waals surface area contributed by atoms with E-state index in [2.05, 4.69) is 0 Å². The van der Waals surface area contributed by atoms with Crippen molar-refractivity contribution in [2.24, 2.45) is 11.7 Å². The van der Waals surface area contributed by atoms with Gasteiger partial charge in [-0.2, -0.15) is 0 Å². The molecule has 11 heavy (non-hydrogen) atoms. The van der Waals surface area contributed by atoms with Crippen molar-refractivity contribution in [1.29, 1.82) is 0 Å². The molecule has 1 rings (SSSR count). The third kappa shape index (κ3) is 2.80. The Bertz CT molecular complexity index is 106. The average molecular weight is 157 g/mol. The molecule has 0 aromatic rings. The van der Waals surface area contributed by atoms with Crippen molar-refractivity contribution in [3.05, 3.63) is 0 Å². The summed E-state index contributed by atoms with van der Waals surface area (Å²) in [4.78, 5) is 0. The highest BCUT2D eigenvalue weighted by atomic mass is 16.5.